The Hall–Kier alpha value is -4.26. The highest BCUT2D eigenvalue weighted by atomic mass is 32.2. The number of benzene rings is 2. The van der Waals surface area contributed by atoms with Crippen molar-refractivity contribution in [2.75, 3.05) is 22.1 Å². The van der Waals surface area contributed by atoms with Crippen molar-refractivity contribution in [2.24, 2.45) is 11.3 Å². The number of amides is 2. The molecule has 304 valence electrons. The molecule has 0 radical (unpaired) electrons. The minimum Gasteiger partial charge on any atom is -0.326 e. The number of aromatic nitrogens is 3. The molecule has 0 spiro atoms. The zero-order chi connectivity index (χ0) is 40.8. The molecule has 12 nitrogen and oxygen atoms in total. The Bertz CT molecular complexity index is 1960. The second kappa shape index (κ2) is 21.2. The van der Waals surface area contributed by atoms with Gasteiger partial charge in [0.25, 0.3) is 5.91 Å². The first-order valence-electron chi connectivity index (χ1n) is 20.0. The Balaban J connectivity index is 1.76. The predicted octanol–water partition coefficient (Wildman–Crippen LogP) is 7.61. The van der Waals surface area contributed by atoms with Crippen molar-refractivity contribution in [3.63, 3.8) is 0 Å². The summed E-state index contributed by atoms with van der Waals surface area (Å²) in [6.45, 7) is 12.5. The molecule has 2 amide bonds. The Morgan fingerprint density at radius 2 is 1.33 bits per heavy atom. The van der Waals surface area contributed by atoms with Crippen molar-refractivity contribution >= 4 is 38.8 Å². The summed E-state index contributed by atoms with van der Waals surface area (Å²) in [6.07, 6.45) is 12.3. The van der Waals surface area contributed by atoms with Crippen LogP contribution >= 0.6 is 0 Å². The second-order valence-electron chi connectivity index (χ2n) is 15.8. The Labute approximate surface area is 327 Å². The SMILES string of the molecule is CCCCCCCCCCCCS(=O)(=O)CC(C)C(=O)Nc1ccc(C)c(NC(=O)C(C(=O)C(C)(C)C)n2c(=O)n(CCCC)n(-c3ccccc3)c2=O)c1. The van der Waals surface area contributed by atoms with Crippen molar-refractivity contribution in [3.05, 3.63) is 75.1 Å². The molecule has 0 bridgehead atoms. The summed E-state index contributed by atoms with van der Waals surface area (Å²) in [7, 11) is -3.45. The van der Waals surface area contributed by atoms with Crippen LogP contribution in [-0.4, -0.2) is 51.5 Å². The van der Waals surface area contributed by atoms with Crippen LogP contribution in [0.25, 0.3) is 5.69 Å². The average molecular weight is 782 g/mol. The van der Waals surface area contributed by atoms with Gasteiger partial charge in [0.2, 0.25) is 5.91 Å². The van der Waals surface area contributed by atoms with E-state index in [1.165, 1.54) is 54.0 Å². The van der Waals surface area contributed by atoms with Crippen LogP contribution in [-0.2, 0) is 30.8 Å². The first kappa shape index (κ1) is 45.1. The normalized spacial score (nSPS) is 13.0. The number of carbonyl (C=O) groups excluding carboxylic acids is 3. The Kier molecular flexibility index (Phi) is 17.4. The number of hydrogen-bond donors (Lipinski definition) is 2. The molecule has 3 rings (SSSR count). The standard InChI is InChI=1S/C42H63N5O7S/c1-8-10-12-13-14-15-16-17-18-22-28-55(53,54)30-32(4)38(49)43-33-26-25-31(3)35(29-33)44-39(50)36(37(48)42(5,6)7)46-40(51)45(27-11-9-2)47(41(46)52)34-23-20-19-21-24-34/h19-21,23-26,29,32,36H,8-18,22,27-28,30H2,1-7H3,(H,43,49)(H,44,50). The number of nitrogens with one attached hydrogen (secondary N) is 2. The Morgan fingerprint density at radius 1 is 0.745 bits per heavy atom. The highest BCUT2D eigenvalue weighted by Crippen LogP contribution is 2.26. The highest BCUT2D eigenvalue weighted by Gasteiger charge is 2.40. The third-order valence-electron chi connectivity index (χ3n) is 9.80. The van der Waals surface area contributed by atoms with Gasteiger partial charge in [-0.1, -0.05) is 130 Å². The van der Waals surface area contributed by atoms with E-state index >= 15 is 0 Å². The molecule has 2 aromatic carbocycles. The summed E-state index contributed by atoms with van der Waals surface area (Å²) in [5, 5.41) is 5.49. The fourth-order valence-corrected chi connectivity index (χ4v) is 8.18. The van der Waals surface area contributed by atoms with E-state index < -0.39 is 56.2 Å². The second-order valence-corrected chi connectivity index (χ2v) is 18.0. The molecule has 0 fully saturated rings. The van der Waals surface area contributed by atoms with Gasteiger partial charge in [0.05, 0.1) is 17.2 Å². The van der Waals surface area contributed by atoms with E-state index in [1.54, 1.807) is 77.1 Å². The van der Waals surface area contributed by atoms with Crippen LogP contribution in [0.4, 0.5) is 11.4 Å². The van der Waals surface area contributed by atoms with Crippen molar-refractivity contribution < 1.29 is 22.8 Å². The van der Waals surface area contributed by atoms with Gasteiger partial charge >= 0.3 is 11.4 Å². The van der Waals surface area contributed by atoms with Crippen LogP contribution in [0.3, 0.4) is 0 Å². The summed E-state index contributed by atoms with van der Waals surface area (Å²) < 4.78 is 28.9. The number of Topliss-reactive ketones (excluding diaryl/α,β-unsaturated/α-hetero) is 1. The molecule has 2 unspecified atom stereocenters. The fraction of sp³-hybridized carbons (Fsp3) is 0.595. The van der Waals surface area contributed by atoms with Gasteiger partial charge in [0.15, 0.2) is 21.7 Å². The maximum absolute atomic E-state index is 14.1. The largest absolute Gasteiger partial charge is 0.353 e. The molecule has 0 aliphatic rings. The number of aryl methyl sites for hydroxylation is 1. The van der Waals surface area contributed by atoms with E-state index in [9.17, 15) is 32.4 Å². The van der Waals surface area contributed by atoms with Crippen molar-refractivity contribution in [3.8, 4) is 5.69 Å². The zero-order valence-corrected chi connectivity index (χ0v) is 34.8. The lowest BCUT2D eigenvalue weighted by Crippen LogP contribution is -2.46. The van der Waals surface area contributed by atoms with E-state index in [-0.39, 0.29) is 23.7 Å². The summed E-state index contributed by atoms with van der Waals surface area (Å²) in [5.74, 6) is -3.07. The molecular weight excluding hydrogens is 719 g/mol. The van der Waals surface area contributed by atoms with Crippen LogP contribution in [0.2, 0.25) is 0 Å². The van der Waals surface area contributed by atoms with E-state index in [0.717, 1.165) is 30.3 Å². The number of anilines is 2. The molecular formula is C42H63N5O7S. The lowest BCUT2D eigenvalue weighted by Gasteiger charge is -2.24. The molecule has 13 heteroatoms. The smallest absolute Gasteiger partial charge is 0.326 e. The molecule has 1 heterocycles. The molecule has 2 N–H and O–H groups in total. The van der Waals surface area contributed by atoms with Crippen molar-refractivity contribution in [1.82, 2.24) is 13.9 Å². The van der Waals surface area contributed by atoms with Gasteiger partial charge in [-0.3, -0.25) is 14.4 Å². The molecule has 0 saturated heterocycles. The van der Waals surface area contributed by atoms with Gasteiger partial charge in [-0.05, 0) is 49.6 Å². The van der Waals surface area contributed by atoms with E-state index in [1.807, 2.05) is 6.92 Å². The molecule has 2 atom stereocenters. The van der Waals surface area contributed by atoms with E-state index in [0.29, 0.717) is 29.8 Å². The number of rotatable bonds is 23. The topological polar surface area (TPSA) is 158 Å². The van der Waals surface area contributed by atoms with Crippen molar-refractivity contribution in [1.29, 1.82) is 0 Å². The van der Waals surface area contributed by atoms with Gasteiger partial charge in [0.1, 0.15) is 0 Å². The van der Waals surface area contributed by atoms with Gasteiger partial charge in [-0.15, -0.1) is 0 Å². The molecule has 1 aromatic heterocycles. The van der Waals surface area contributed by atoms with Gasteiger partial charge in [0, 0.05) is 29.3 Å². The molecule has 0 saturated carbocycles. The van der Waals surface area contributed by atoms with Crippen LogP contribution < -0.4 is 22.0 Å². The van der Waals surface area contributed by atoms with Crippen LogP contribution in [0.5, 0.6) is 0 Å². The minimum absolute atomic E-state index is 0.0395. The first-order chi connectivity index (χ1) is 26.0. The number of para-hydroxylation sites is 1. The number of nitrogens with zero attached hydrogens (tertiary/aromatic N) is 3. The predicted molar refractivity (Wildman–Crippen MR) is 221 cm³/mol. The van der Waals surface area contributed by atoms with Crippen LogP contribution in [0, 0.1) is 18.3 Å². The summed E-state index contributed by atoms with van der Waals surface area (Å²) in [4.78, 5) is 69.2. The van der Waals surface area contributed by atoms with E-state index in [4.69, 9.17) is 0 Å². The average Bonchev–Trinajstić information content (AvgIpc) is 3.37. The monoisotopic (exact) mass is 781 g/mol. The third kappa shape index (κ3) is 13.2. The molecule has 55 heavy (non-hydrogen) atoms. The molecule has 0 aliphatic heterocycles. The first-order valence-corrected chi connectivity index (χ1v) is 21.8. The summed E-state index contributed by atoms with van der Waals surface area (Å²) in [6, 6.07) is 11.6. The number of carbonyl (C=O) groups is 3. The number of unbranched alkanes of at least 4 members (excludes halogenated alkanes) is 10. The van der Waals surface area contributed by atoms with Crippen LogP contribution in [0.1, 0.15) is 130 Å². The number of hydrogen-bond acceptors (Lipinski definition) is 7. The highest BCUT2D eigenvalue weighted by molar-refractivity contribution is 7.91. The van der Waals surface area contributed by atoms with Crippen molar-refractivity contribution in [2.45, 2.75) is 138 Å². The number of ketones is 1. The fourth-order valence-electron chi connectivity index (χ4n) is 6.45. The Morgan fingerprint density at radius 3 is 1.91 bits per heavy atom. The maximum Gasteiger partial charge on any atom is 0.353 e. The lowest BCUT2D eigenvalue weighted by atomic mass is 9.86. The molecule has 3 aromatic rings. The quantitative estimate of drug-likeness (QED) is 0.0740. The summed E-state index contributed by atoms with van der Waals surface area (Å²) >= 11 is 0. The lowest BCUT2D eigenvalue weighted by molar-refractivity contribution is -0.135. The summed E-state index contributed by atoms with van der Waals surface area (Å²) in [5.41, 5.74) is -1.14. The van der Waals surface area contributed by atoms with Crippen LogP contribution in [0.15, 0.2) is 58.1 Å². The molecule has 0 aliphatic carbocycles. The zero-order valence-electron chi connectivity index (χ0n) is 34.0. The van der Waals surface area contributed by atoms with Gasteiger partial charge in [-0.2, -0.15) is 4.68 Å². The number of sulfone groups is 1. The van der Waals surface area contributed by atoms with E-state index in [2.05, 4.69) is 17.6 Å². The van der Waals surface area contributed by atoms with Gasteiger partial charge in [-0.25, -0.2) is 27.3 Å². The minimum atomic E-state index is -3.45. The van der Waals surface area contributed by atoms with Gasteiger partial charge < -0.3 is 10.6 Å². The maximum atomic E-state index is 14.1. The third-order valence-corrected chi connectivity index (χ3v) is 11.7.